The highest BCUT2D eigenvalue weighted by atomic mass is 32.1. The molecule has 2 aromatic heterocycles. The minimum atomic E-state index is -0.801. The minimum absolute atomic E-state index is 0.212. The van der Waals surface area contributed by atoms with Crippen LogP contribution in [-0.4, -0.2) is 33.3 Å². The van der Waals surface area contributed by atoms with Crippen molar-refractivity contribution in [3.05, 3.63) is 47.6 Å². The third kappa shape index (κ3) is 6.39. The van der Waals surface area contributed by atoms with Crippen molar-refractivity contribution in [2.45, 2.75) is 39.7 Å². The Labute approximate surface area is 185 Å². The van der Waals surface area contributed by atoms with Crippen LogP contribution < -0.4 is 15.8 Å². The lowest BCUT2D eigenvalue weighted by Gasteiger charge is -2.30. The van der Waals surface area contributed by atoms with Gasteiger partial charge in [-0.2, -0.15) is 0 Å². The van der Waals surface area contributed by atoms with Gasteiger partial charge in [0.15, 0.2) is 5.13 Å². The largest absolute Gasteiger partial charge is 0.489 e. The summed E-state index contributed by atoms with van der Waals surface area (Å²) in [5, 5.41) is 5.72. The van der Waals surface area contributed by atoms with Crippen molar-refractivity contribution in [2.24, 2.45) is 11.7 Å². The number of aryl methyl sites for hydroxylation is 1. The first-order chi connectivity index (χ1) is 14.7. The van der Waals surface area contributed by atoms with Crippen LogP contribution in [0, 0.1) is 12.8 Å². The van der Waals surface area contributed by atoms with Gasteiger partial charge >= 0.3 is 6.09 Å². The molecular weight excluding hydrogens is 414 g/mol. The summed E-state index contributed by atoms with van der Waals surface area (Å²) >= 11 is 1.48. The second-order valence-electron chi connectivity index (χ2n) is 7.97. The fourth-order valence-electron chi connectivity index (χ4n) is 3.40. The highest BCUT2D eigenvalue weighted by Crippen LogP contribution is 2.28. The molecule has 0 aliphatic rings. The van der Waals surface area contributed by atoms with Crippen molar-refractivity contribution in [1.29, 1.82) is 0 Å². The quantitative estimate of drug-likeness (QED) is 0.484. The first-order valence-corrected chi connectivity index (χ1v) is 10.8. The number of nitrogens with zero attached hydrogens (tertiary/aromatic N) is 3. The number of nitrogens with one attached hydrogen (secondary N) is 1. The topological polar surface area (TPSA) is 112 Å². The molecule has 1 aromatic carbocycles. The van der Waals surface area contributed by atoms with Gasteiger partial charge in [0, 0.05) is 23.3 Å². The third-order valence-electron chi connectivity index (χ3n) is 4.50. The summed E-state index contributed by atoms with van der Waals surface area (Å²) in [4.78, 5) is 24.3. The standard InChI is InChI=1S/C22H27N5O3S/c1-14(2)12-22(4,30-19(23)28)13-29-18-6-5-16(11-15(18)3)17-7-8-24-20(26-17)27-21-25-9-10-31-21/h5-11,14H,12-13H2,1-4H3,(H2,23,28)(H,24,25,26,27). The van der Waals surface area contributed by atoms with E-state index < -0.39 is 11.7 Å². The average Bonchev–Trinajstić information content (AvgIpc) is 3.19. The molecule has 0 saturated carbocycles. The van der Waals surface area contributed by atoms with Crippen molar-refractivity contribution in [1.82, 2.24) is 15.0 Å². The lowest BCUT2D eigenvalue weighted by molar-refractivity contribution is -0.0187. The van der Waals surface area contributed by atoms with Crippen LogP contribution in [0.25, 0.3) is 11.3 Å². The van der Waals surface area contributed by atoms with E-state index in [1.165, 1.54) is 11.3 Å². The summed E-state index contributed by atoms with van der Waals surface area (Å²) in [6, 6.07) is 7.68. The van der Waals surface area contributed by atoms with Crippen LogP contribution in [0.4, 0.5) is 15.9 Å². The number of benzene rings is 1. The van der Waals surface area contributed by atoms with Crippen LogP contribution in [-0.2, 0) is 4.74 Å². The van der Waals surface area contributed by atoms with E-state index in [-0.39, 0.29) is 6.61 Å². The zero-order valence-electron chi connectivity index (χ0n) is 18.1. The first-order valence-electron chi connectivity index (χ1n) is 9.96. The zero-order chi connectivity index (χ0) is 22.4. The van der Waals surface area contributed by atoms with Crippen LogP contribution >= 0.6 is 11.3 Å². The van der Waals surface area contributed by atoms with E-state index in [0.29, 0.717) is 24.0 Å². The van der Waals surface area contributed by atoms with Crippen molar-refractivity contribution in [3.63, 3.8) is 0 Å². The van der Waals surface area contributed by atoms with Gasteiger partial charge in [0.2, 0.25) is 5.95 Å². The molecule has 0 fully saturated rings. The summed E-state index contributed by atoms with van der Waals surface area (Å²) < 4.78 is 11.3. The van der Waals surface area contributed by atoms with Gasteiger partial charge in [-0.3, -0.25) is 0 Å². The Balaban J connectivity index is 1.73. The molecule has 0 saturated heterocycles. The number of ether oxygens (including phenoxy) is 2. The molecule has 0 aliphatic carbocycles. The van der Waals surface area contributed by atoms with Gasteiger partial charge in [-0.25, -0.2) is 19.7 Å². The monoisotopic (exact) mass is 441 g/mol. The van der Waals surface area contributed by atoms with Crippen molar-refractivity contribution in [3.8, 4) is 17.0 Å². The Kier molecular flexibility index (Phi) is 7.06. The number of rotatable bonds is 9. The van der Waals surface area contributed by atoms with Gasteiger partial charge in [-0.15, -0.1) is 11.3 Å². The molecule has 0 spiro atoms. The number of amides is 1. The molecular formula is C22H27N5O3S. The Morgan fingerprint density at radius 2 is 2.06 bits per heavy atom. The summed E-state index contributed by atoms with van der Waals surface area (Å²) in [6.07, 6.45) is 3.27. The van der Waals surface area contributed by atoms with Gasteiger partial charge < -0.3 is 20.5 Å². The highest BCUT2D eigenvalue weighted by molar-refractivity contribution is 7.13. The van der Waals surface area contributed by atoms with Crippen LogP contribution in [0.2, 0.25) is 0 Å². The van der Waals surface area contributed by atoms with Gasteiger partial charge in [-0.1, -0.05) is 13.8 Å². The van der Waals surface area contributed by atoms with Crippen LogP contribution in [0.5, 0.6) is 5.75 Å². The fourth-order valence-corrected chi connectivity index (χ4v) is 3.92. The number of primary amides is 1. The van der Waals surface area contributed by atoms with Gasteiger partial charge in [-0.05, 0) is 56.0 Å². The minimum Gasteiger partial charge on any atom is -0.489 e. The second-order valence-corrected chi connectivity index (χ2v) is 8.86. The number of hydrogen-bond acceptors (Lipinski definition) is 8. The Morgan fingerprint density at radius 3 is 2.71 bits per heavy atom. The van der Waals surface area contributed by atoms with Gasteiger partial charge in [0.25, 0.3) is 0 Å². The molecule has 8 nitrogen and oxygen atoms in total. The maximum atomic E-state index is 11.3. The Bertz CT molecular complexity index is 1030. The summed E-state index contributed by atoms with van der Waals surface area (Å²) in [5.74, 6) is 1.52. The predicted octanol–water partition coefficient (Wildman–Crippen LogP) is 4.93. The Hall–Kier alpha value is -3.20. The van der Waals surface area contributed by atoms with Gasteiger partial charge in [0.1, 0.15) is 18.0 Å². The van der Waals surface area contributed by atoms with Crippen LogP contribution in [0.3, 0.4) is 0 Å². The molecule has 2 heterocycles. The molecule has 1 unspecified atom stereocenters. The first kappa shape index (κ1) is 22.5. The molecule has 3 N–H and O–H groups in total. The molecule has 1 amide bonds. The number of thiazole rings is 1. The number of carbonyl (C=O) groups excluding carboxylic acids is 1. The lowest BCUT2D eigenvalue weighted by atomic mass is 9.95. The number of hydrogen-bond donors (Lipinski definition) is 2. The molecule has 3 aromatic rings. The molecule has 31 heavy (non-hydrogen) atoms. The van der Waals surface area contributed by atoms with E-state index in [1.807, 2.05) is 43.5 Å². The normalized spacial score (nSPS) is 12.9. The number of anilines is 2. The lowest BCUT2D eigenvalue weighted by Crippen LogP contribution is -2.41. The predicted molar refractivity (Wildman–Crippen MR) is 122 cm³/mol. The van der Waals surface area contributed by atoms with E-state index in [4.69, 9.17) is 15.2 Å². The van der Waals surface area contributed by atoms with Crippen molar-refractivity contribution >= 4 is 28.5 Å². The van der Waals surface area contributed by atoms with E-state index >= 15 is 0 Å². The molecule has 164 valence electrons. The molecule has 0 radical (unpaired) electrons. The number of aromatic nitrogens is 3. The summed E-state index contributed by atoms with van der Waals surface area (Å²) in [5.41, 5.74) is 7.12. The zero-order valence-corrected chi connectivity index (χ0v) is 18.9. The molecule has 3 rings (SSSR count). The van der Waals surface area contributed by atoms with E-state index in [0.717, 1.165) is 22.0 Å². The molecule has 0 bridgehead atoms. The molecule has 0 aliphatic heterocycles. The van der Waals surface area contributed by atoms with Crippen LogP contribution in [0.1, 0.15) is 32.8 Å². The van der Waals surface area contributed by atoms with Crippen molar-refractivity contribution in [2.75, 3.05) is 11.9 Å². The number of nitrogens with two attached hydrogens (primary N) is 1. The van der Waals surface area contributed by atoms with E-state index in [9.17, 15) is 4.79 Å². The molecule has 9 heteroatoms. The van der Waals surface area contributed by atoms with Crippen LogP contribution in [0.15, 0.2) is 42.0 Å². The Morgan fingerprint density at radius 1 is 1.26 bits per heavy atom. The van der Waals surface area contributed by atoms with Gasteiger partial charge in [0.05, 0.1) is 5.69 Å². The second kappa shape index (κ2) is 9.74. The summed E-state index contributed by atoms with van der Waals surface area (Å²) in [6.45, 7) is 8.12. The molecule has 1 atom stereocenters. The van der Waals surface area contributed by atoms with Crippen molar-refractivity contribution < 1.29 is 14.3 Å². The third-order valence-corrected chi connectivity index (χ3v) is 5.19. The summed E-state index contributed by atoms with van der Waals surface area (Å²) in [7, 11) is 0. The highest BCUT2D eigenvalue weighted by Gasteiger charge is 2.30. The maximum absolute atomic E-state index is 11.3. The fraction of sp³-hybridized carbons (Fsp3) is 0.364. The smallest absolute Gasteiger partial charge is 0.405 e. The maximum Gasteiger partial charge on any atom is 0.405 e. The van der Waals surface area contributed by atoms with E-state index in [1.54, 1.807) is 12.4 Å². The SMILES string of the molecule is Cc1cc(-c2ccnc(Nc3nccs3)n2)ccc1OCC(C)(CC(C)C)OC(N)=O. The van der Waals surface area contributed by atoms with E-state index in [2.05, 4.69) is 34.1 Å². The average molecular weight is 442 g/mol. The number of carbonyl (C=O) groups is 1.